The third-order valence-corrected chi connectivity index (χ3v) is 7.53. The lowest BCUT2D eigenvalue weighted by atomic mass is 9.97. The Kier molecular flexibility index (Phi) is 5.29. The zero-order chi connectivity index (χ0) is 21.2. The van der Waals surface area contributed by atoms with Crippen molar-refractivity contribution in [2.45, 2.75) is 57.8 Å². The van der Waals surface area contributed by atoms with E-state index in [-0.39, 0.29) is 17.4 Å². The molecule has 1 aromatic heterocycles. The molecule has 5 unspecified atom stereocenters. The minimum Gasteiger partial charge on any atom is -0.392 e. The van der Waals surface area contributed by atoms with Gasteiger partial charge in [0.05, 0.1) is 28.4 Å². The summed E-state index contributed by atoms with van der Waals surface area (Å²) in [6.45, 7) is 8.81. The lowest BCUT2D eigenvalue weighted by Crippen LogP contribution is -2.55. The highest BCUT2D eigenvalue weighted by atomic mass is 79.9. The first-order valence-corrected chi connectivity index (χ1v) is 11.9. The summed E-state index contributed by atoms with van der Waals surface area (Å²) in [5.74, 6) is 1.28. The summed E-state index contributed by atoms with van der Waals surface area (Å²) in [4.78, 5) is 19.1. The predicted molar refractivity (Wildman–Crippen MR) is 124 cm³/mol. The summed E-state index contributed by atoms with van der Waals surface area (Å²) in [7, 11) is 0. The van der Waals surface area contributed by atoms with Gasteiger partial charge in [0.1, 0.15) is 5.82 Å². The zero-order valence-corrected chi connectivity index (χ0v) is 19.9. The van der Waals surface area contributed by atoms with Crippen LogP contribution in [0.2, 0.25) is 5.28 Å². The molecule has 2 aromatic rings. The smallest absolute Gasteiger partial charge is 0.224 e. The molecule has 1 N–H and O–H groups in total. The van der Waals surface area contributed by atoms with Crippen LogP contribution in [-0.4, -0.2) is 63.8 Å². The molecule has 2 bridgehead atoms. The van der Waals surface area contributed by atoms with Crippen LogP contribution in [0, 0.1) is 5.92 Å². The van der Waals surface area contributed by atoms with Crippen LogP contribution in [0.5, 0.6) is 0 Å². The van der Waals surface area contributed by atoms with Gasteiger partial charge in [0.15, 0.2) is 0 Å². The maximum absolute atomic E-state index is 9.85. The van der Waals surface area contributed by atoms with E-state index in [4.69, 9.17) is 21.6 Å². The first-order valence-electron chi connectivity index (χ1n) is 10.8. The van der Waals surface area contributed by atoms with E-state index in [9.17, 15) is 5.11 Å². The number of rotatable bonds is 3. The van der Waals surface area contributed by atoms with Crippen LogP contribution in [0.1, 0.15) is 33.6 Å². The number of benzene rings is 1. The highest BCUT2D eigenvalue weighted by Crippen LogP contribution is 2.37. The molecule has 6 nitrogen and oxygen atoms in total. The summed E-state index contributed by atoms with van der Waals surface area (Å²) < 4.78 is 0.949. The highest BCUT2D eigenvalue weighted by molar-refractivity contribution is 9.10. The number of aliphatic hydroxyl groups is 1. The van der Waals surface area contributed by atoms with Gasteiger partial charge in [-0.05, 0) is 66.2 Å². The van der Waals surface area contributed by atoms with E-state index in [1.807, 2.05) is 13.0 Å². The zero-order valence-electron chi connectivity index (χ0n) is 17.5. The molecule has 160 valence electrons. The number of hydrogen-bond acceptors (Lipinski definition) is 6. The Labute approximate surface area is 189 Å². The van der Waals surface area contributed by atoms with E-state index in [1.54, 1.807) is 0 Å². The normalized spacial score (nSPS) is 29.5. The molecule has 2 fully saturated rings. The van der Waals surface area contributed by atoms with Crippen LogP contribution in [0.25, 0.3) is 17.0 Å². The number of aromatic nitrogens is 2. The summed E-state index contributed by atoms with van der Waals surface area (Å²) in [6.07, 6.45) is 4.26. The van der Waals surface area contributed by atoms with Gasteiger partial charge < -0.3 is 10.0 Å². The van der Waals surface area contributed by atoms with Crippen LogP contribution >= 0.6 is 27.5 Å². The third-order valence-electron chi connectivity index (χ3n) is 6.75. The van der Waals surface area contributed by atoms with Crippen molar-refractivity contribution in [1.82, 2.24) is 14.9 Å². The molecule has 2 saturated heterocycles. The molecule has 30 heavy (non-hydrogen) atoms. The molecule has 0 radical (unpaired) electrons. The number of β-amino-alcohol motifs (C(OH)–C–C–N with tert-alkyl or cyclic N) is 1. The fraction of sp³-hybridized carbons (Fsp3) is 0.591. The number of anilines is 1. The number of halogens is 2. The Morgan fingerprint density at radius 2 is 1.93 bits per heavy atom. The van der Waals surface area contributed by atoms with E-state index < -0.39 is 0 Å². The van der Waals surface area contributed by atoms with Gasteiger partial charge in [-0.2, -0.15) is 4.98 Å². The van der Waals surface area contributed by atoms with Crippen molar-refractivity contribution in [3.8, 4) is 0 Å². The minimum atomic E-state index is -0.311. The van der Waals surface area contributed by atoms with Gasteiger partial charge in [-0.25, -0.2) is 4.98 Å². The molecule has 5 rings (SSSR count). The fourth-order valence-electron chi connectivity index (χ4n) is 5.30. The Morgan fingerprint density at radius 3 is 2.60 bits per heavy atom. The molecule has 5 atom stereocenters. The number of likely N-dealkylation sites (tertiary alicyclic amines) is 1. The van der Waals surface area contributed by atoms with Gasteiger partial charge in [-0.1, -0.05) is 13.0 Å². The van der Waals surface area contributed by atoms with Gasteiger partial charge in [-0.15, -0.1) is 0 Å². The number of piperazine rings is 1. The molecule has 8 heteroatoms. The van der Waals surface area contributed by atoms with Crippen molar-refractivity contribution in [3.05, 3.63) is 26.4 Å². The largest absolute Gasteiger partial charge is 0.392 e. The van der Waals surface area contributed by atoms with Gasteiger partial charge >= 0.3 is 0 Å². The molecule has 3 aliphatic heterocycles. The van der Waals surface area contributed by atoms with Crippen LogP contribution in [0.15, 0.2) is 15.5 Å². The highest BCUT2D eigenvalue weighted by Gasteiger charge is 2.41. The lowest BCUT2D eigenvalue weighted by Gasteiger charge is -2.42. The average molecular weight is 493 g/mol. The van der Waals surface area contributed by atoms with Crippen molar-refractivity contribution in [1.29, 1.82) is 0 Å². The first-order chi connectivity index (χ1) is 14.3. The monoisotopic (exact) mass is 491 g/mol. The second kappa shape index (κ2) is 7.69. The summed E-state index contributed by atoms with van der Waals surface area (Å²) in [6, 6.07) is 3.00. The SMILES string of the molecule is CC(O)CN1CC2CCC(C1)N2c1nc(Cl)nc2cc(Br)c3c(c12)=CC(C)C(C)N=3. The molecular formula is C22H27BrClN5O. The van der Waals surface area contributed by atoms with E-state index >= 15 is 0 Å². The third kappa shape index (κ3) is 3.44. The summed E-state index contributed by atoms with van der Waals surface area (Å²) >= 11 is 10.1. The van der Waals surface area contributed by atoms with E-state index in [1.165, 1.54) is 0 Å². The fourth-order valence-corrected chi connectivity index (χ4v) is 6.00. The van der Waals surface area contributed by atoms with Gasteiger partial charge in [0, 0.05) is 41.4 Å². The van der Waals surface area contributed by atoms with Gasteiger partial charge in [0.25, 0.3) is 0 Å². The maximum Gasteiger partial charge on any atom is 0.224 e. The minimum absolute atomic E-state index is 0.239. The molecule has 0 spiro atoms. The van der Waals surface area contributed by atoms with E-state index in [2.05, 4.69) is 50.6 Å². The summed E-state index contributed by atoms with van der Waals surface area (Å²) in [5, 5.41) is 13.3. The van der Waals surface area contributed by atoms with Crippen LogP contribution in [0.3, 0.4) is 0 Å². The number of aliphatic hydroxyl groups excluding tert-OH is 1. The standard InChI is InChI=1S/C22H27BrClN5O/c1-11-6-16-19-18(7-17(23)20(16)25-13(11)3)26-22(24)27-21(19)29-14-4-5-15(29)10-28(9-14)8-12(2)30/h6-7,11-15,30H,4-5,8-10H2,1-3H3. The van der Waals surface area contributed by atoms with Crippen molar-refractivity contribution < 1.29 is 5.11 Å². The Bertz CT molecular complexity index is 1110. The number of nitrogens with zero attached hydrogens (tertiary/aromatic N) is 5. The predicted octanol–water partition coefficient (Wildman–Crippen LogP) is 2.52. The molecular weight excluding hydrogens is 466 g/mol. The Hall–Kier alpha value is -1.28. The molecule has 0 aliphatic carbocycles. The average Bonchev–Trinajstić information content (AvgIpc) is 2.92. The molecule has 0 saturated carbocycles. The Morgan fingerprint density at radius 1 is 1.23 bits per heavy atom. The lowest BCUT2D eigenvalue weighted by molar-refractivity contribution is 0.111. The molecule has 4 heterocycles. The van der Waals surface area contributed by atoms with E-state index in [0.29, 0.717) is 18.0 Å². The second-order valence-corrected chi connectivity index (χ2v) is 10.3. The van der Waals surface area contributed by atoms with Crippen molar-refractivity contribution in [3.63, 3.8) is 0 Å². The van der Waals surface area contributed by atoms with Crippen molar-refractivity contribution in [2.24, 2.45) is 10.9 Å². The molecule has 0 amide bonds. The topological polar surface area (TPSA) is 64.8 Å². The van der Waals surface area contributed by atoms with Crippen LogP contribution in [0.4, 0.5) is 5.82 Å². The summed E-state index contributed by atoms with van der Waals surface area (Å²) in [5.41, 5.74) is 0.856. The van der Waals surface area contributed by atoms with E-state index in [0.717, 1.165) is 64.2 Å². The second-order valence-electron chi connectivity index (χ2n) is 9.09. The molecule has 1 aromatic carbocycles. The van der Waals surface area contributed by atoms with Gasteiger partial charge in [0.2, 0.25) is 5.28 Å². The van der Waals surface area contributed by atoms with Crippen molar-refractivity contribution in [2.75, 3.05) is 24.5 Å². The number of fused-ring (bicyclic) bond motifs is 5. The van der Waals surface area contributed by atoms with Crippen LogP contribution < -0.4 is 15.5 Å². The number of hydrogen-bond donors (Lipinski definition) is 1. The molecule has 3 aliphatic rings. The maximum atomic E-state index is 9.85. The van der Waals surface area contributed by atoms with Gasteiger partial charge in [-0.3, -0.25) is 9.89 Å². The van der Waals surface area contributed by atoms with Crippen molar-refractivity contribution >= 4 is 50.3 Å². The quantitative estimate of drug-likeness (QED) is 0.667. The first kappa shape index (κ1) is 20.6. The Balaban J connectivity index is 1.69. The van der Waals surface area contributed by atoms with Crippen LogP contribution in [-0.2, 0) is 0 Å².